The van der Waals surface area contributed by atoms with E-state index in [1.54, 1.807) is 24.3 Å². The van der Waals surface area contributed by atoms with Crippen LogP contribution in [0.2, 0.25) is 0 Å². The SMILES string of the molecule is N#Cc1ccc(C(=O)N(CCO)CCO)cc1. The third kappa shape index (κ3) is 3.55. The molecule has 1 aromatic carbocycles. The highest BCUT2D eigenvalue weighted by Crippen LogP contribution is 2.07. The molecule has 1 rings (SSSR count). The van der Waals surface area contributed by atoms with Gasteiger partial charge in [0.25, 0.3) is 5.91 Å². The highest BCUT2D eigenvalue weighted by atomic mass is 16.3. The van der Waals surface area contributed by atoms with Crippen molar-refractivity contribution in [1.82, 2.24) is 4.90 Å². The first-order valence-corrected chi connectivity index (χ1v) is 5.24. The number of rotatable bonds is 5. The second-order valence-corrected chi connectivity index (χ2v) is 3.43. The van der Waals surface area contributed by atoms with Crippen LogP contribution >= 0.6 is 0 Å². The summed E-state index contributed by atoms with van der Waals surface area (Å²) in [5.74, 6) is -0.266. The molecule has 0 unspecified atom stereocenters. The van der Waals surface area contributed by atoms with Crippen LogP contribution in [-0.4, -0.2) is 47.3 Å². The quantitative estimate of drug-likeness (QED) is 0.750. The maximum absolute atomic E-state index is 11.9. The number of nitriles is 1. The molecule has 0 bridgehead atoms. The smallest absolute Gasteiger partial charge is 0.254 e. The minimum Gasteiger partial charge on any atom is -0.395 e. The van der Waals surface area contributed by atoms with Crippen LogP contribution in [-0.2, 0) is 0 Å². The third-order valence-corrected chi connectivity index (χ3v) is 2.29. The zero-order chi connectivity index (χ0) is 12.7. The largest absolute Gasteiger partial charge is 0.395 e. The number of hydrogen-bond donors (Lipinski definition) is 2. The Kier molecular flexibility index (Phi) is 5.14. The highest BCUT2D eigenvalue weighted by Gasteiger charge is 2.14. The van der Waals surface area contributed by atoms with Gasteiger partial charge in [-0.15, -0.1) is 0 Å². The van der Waals surface area contributed by atoms with E-state index in [0.717, 1.165) is 0 Å². The molecule has 0 saturated heterocycles. The maximum atomic E-state index is 11.9. The summed E-state index contributed by atoms with van der Waals surface area (Å²) >= 11 is 0. The molecular weight excluding hydrogens is 220 g/mol. The summed E-state index contributed by atoms with van der Waals surface area (Å²) in [6.45, 7) is 0.0584. The summed E-state index contributed by atoms with van der Waals surface area (Å²) in [5, 5.41) is 26.3. The van der Waals surface area contributed by atoms with Gasteiger partial charge in [-0.2, -0.15) is 5.26 Å². The minimum atomic E-state index is -0.266. The lowest BCUT2D eigenvalue weighted by molar-refractivity contribution is 0.0685. The van der Waals surface area contributed by atoms with Crippen LogP contribution in [0.1, 0.15) is 15.9 Å². The number of carbonyl (C=O) groups is 1. The summed E-state index contributed by atoms with van der Waals surface area (Å²) in [6, 6.07) is 8.20. The second-order valence-electron chi connectivity index (χ2n) is 3.43. The van der Waals surface area contributed by atoms with Crippen LogP contribution < -0.4 is 0 Å². The lowest BCUT2D eigenvalue weighted by atomic mass is 10.1. The van der Waals surface area contributed by atoms with E-state index in [1.807, 2.05) is 6.07 Å². The van der Waals surface area contributed by atoms with Crippen LogP contribution in [0.5, 0.6) is 0 Å². The van der Waals surface area contributed by atoms with Crippen LogP contribution in [0, 0.1) is 11.3 Å². The molecule has 0 aliphatic rings. The van der Waals surface area contributed by atoms with Gasteiger partial charge < -0.3 is 15.1 Å². The maximum Gasteiger partial charge on any atom is 0.254 e. The highest BCUT2D eigenvalue weighted by molar-refractivity contribution is 5.94. The molecule has 0 radical (unpaired) electrons. The van der Waals surface area contributed by atoms with Crippen LogP contribution in [0.15, 0.2) is 24.3 Å². The Labute approximate surface area is 99.5 Å². The van der Waals surface area contributed by atoms with Gasteiger partial charge in [-0.05, 0) is 24.3 Å². The average Bonchev–Trinajstić information content (AvgIpc) is 2.38. The molecule has 0 spiro atoms. The van der Waals surface area contributed by atoms with Crippen molar-refractivity contribution in [2.75, 3.05) is 26.3 Å². The van der Waals surface area contributed by atoms with Gasteiger partial charge in [0.2, 0.25) is 0 Å². The number of benzene rings is 1. The third-order valence-electron chi connectivity index (χ3n) is 2.29. The topological polar surface area (TPSA) is 84.6 Å². The lowest BCUT2D eigenvalue weighted by Crippen LogP contribution is -2.35. The van der Waals surface area contributed by atoms with Crippen LogP contribution in [0.3, 0.4) is 0 Å². The number of carbonyl (C=O) groups excluding carboxylic acids is 1. The fraction of sp³-hybridized carbons (Fsp3) is 0.333. The normalized spacial score (nSPS) is 9.71. The van der Waals surface area contributed by atoms with E-state index >= 15 is 0 Å². The Hall–Kier alpha value is -1.90. The van der Waals surface area contributed by atoms with Gasteiger partial charge in [-0.25, -0.2) is 0 Å². The van der Waals surface area contributed by atoms with Gasteiger partial charge in [-0.1, -0.05) is 0 Å². The summed E-state index contributed by atoms with van der Waals surface area (Å²) < 4.78 is 0. The van der Waals surface area contributed by atoms with Crippen molar-refractivity contribution < 1.29 is 15.0 Å². The fourth-order valence-electron chi connectivity index (χ4n) is 1.43. The Balaban J connectivity index is 2.81. The van der Waals surface area contributed by atoms with Gasteiger partial charge in [0.05, 0.1) is 24.8 Å². The molecule has 0 aliphatic carbocycles. The van der Waals surface area contributed by atoms with E-state index < -0.39 is 0 Å². The van der Waals surface area contributed by atoms with E-state index in [0.29, 0.717) is 11.1 Å². The van der Waals surface area contributed by atoms with Crippen molar-refractivity contribution in [3.05, 3.63) is 35.4 Å². The summed E-state index contributed by atoms with van der Waals surface area (Å²) in [7, 11) is 0. The van der Waals surface area contributed by atoms with Gasteiger partial charge in [-0.3, -0.25) is 4.79 Å². The molecule has 0 fully saturated rings. The first kappa shape index (κ1) is 13.2. The van der Waals surface area contributed by atoms with Crippen LogP contribution in [0.4, 0.5) is 0 Å². The Morgan fingerprint density at radius 2 is 1.71 bits per heavy atom. The monoisotopic (exact) mass is 234 g/mol. The average molecular weight is 234 g/mol. The van der Waals surface area contributed by atoms with Crippen molar-refractivity contribution in [2.24, 2.45) is 0 Å². The molecule has 1 amide bonds. The van der Waals surface area contributed by atoms with E-state index in [-0.39, 0.29) is 32.2 Å². The lowest BCUT2D eigenvalue weighted by Gasteiger charge is -2.20. The number of hydrogen-bond acceptors (Lipinski definition) is 4. The zero-order valence-corrected chi connectivity index (χ0v) is 9.33. The van der Waals surface area contributed by atoms with E-state index in [1.165, 1.54) is 4.90 Å². The fourth-order valence-corrected chi connectivity index (χ4v) is 1.43. The first-order chi connectivity index (χ1) is 8.22. The molecule has 0 heterocycles. The molecule has 5 heteroatoms. The van der Waals surface area contributed by atoms with Crippen molar-refractivity contribution in [3.8, 4) is 6.07 Å². The molecule has 1 aromatic rings. The second kappa shape index (κ2) is 6.63. The minimum absolute atomic E-state index is 0.151. The molecule has 17 heavy (non-hydrogen) atoms. The van der Waals surface area contributed by atoms with Crippen molar-refractivity contribution >= 4 is 5.91 Å². The molecule has 0 atom stereocenters. The predicted octanol–water partition coefficient (Wildman–Crippen LogP) is -0.0149. The Morgan fingerprint density at radius 3 is 2.12 bits per heavy atom. The predicted molar refractivity (Wildman–Crippen MR) is 61.2 cm³/mol. The van der Waals surface area contributed by atoms with Gasteiger partial charge >= 0.3 is 0 Å². The van der Waals surface area contributed by atoms with Crippen LogP contribution in [0.25, 0.3) is 0 Å². The summed E-state index contributed by atoms with van der Waals surface area (Å²) in [4.78, 5) is 13.3. The number of aliphatic hydroxyl groups excluding tert-OH is 2. The zero-order valence-electron chi connectivity index (χ0n) is 9.33. The Morgan fingerprint density at radius 1 is 1.18 bits per heavy atom. The van der Waals surface area contributed by atoms with Crippen molar-refractivity contribution in [3.63, 3.8) is 0 Å². The molecule has 2 N–H and O–H groups in total. The summed E-state index contributed by atoms with van der Waals surface area (Å²) in [6.07, 6.45) is 0. The number of amides is 1. The van der Waals surface area contributed by atoms with Crippen molar-refractivity contribution in [1.29, 1.82) is 5.26 Å². The molecule has 90 valence electrons. The van der Waals surface area contributed by atoms with Gasteiger partial charge in [0, 0.05) is 18.7 Å². The van der Waals surface area contributed by atoms with Gasteiger partial charge in [0.1, 0.15) is 0 Å². The summed E-state index contributed by atoms with van der Waals surface area (Å²) in [5.41, 5.74) is 0.920. The molecule has 5 nitrogen and oxygen atoms in total. The standard InChI is InChI=1S/C12H14N2O3/c13-9-10-1-3-11(4-2-10)12(17)14(5-7-15)6-8-16/h1-4,15-16H,5-8H2. The molecule has 0 aliphatic heterocycles. The molecular formula is C12H14N2O3. The number of nitrogens with zero attached hydrogens (tertiary/aromatic N) is 2. The van der Waals surface area contributed by atoms with E-state index in [9.17, 15) is 4.79 Å². The van der Waals surface area contributed by atoms with E-state index in [2.05, 4.69) is 0 Å². The van der Waals surface area contributed by atoms with Crippen molar-refractivity contribution in [2.45, 2.75) is 0 Å². The molecule has 0 aromatic heterocycles. The molecule has 0 saturated carbocycles. The Bertz CT molecular complexity index is 403. The van der Waals surface area contributed by atoms with E-state index in [4.69, 9.17) is 15.5 Å². The first-order valence-electron chi connectivity index (χ1n) is 5.24. The number of aliphatic hydroxyl groups is 2. The van der Waals surface area contributed by atoms with Gasteiger partial charge in [0.15, 0.2) is 0 Å².